The highest BCUT2D eigenvalue weighted by Crippen LogP contribution is 2.33. The molecule has 2 aliphatic rings. The molecule has 0 aliphatic carbocycles. The lowest BCUT2D eigenvalue weighted by Crippen LogP contribution is -2.49. The summed E-state index contributed by atoms with van der Waals surface area (Å²) in [5, 5.41) is 3.04. The Balaban J connectivity index is 1.42. The number of rotatable bonds is 3. The van der Waals surface area contributed by atoms with Crippen molar-refractivity contribution in [2.45, 2.75) is 30.9 Å². The van der Waals surface area contributed by atoms with E-state index in [0.29, 0.717) is 19.1 Å². The quantitative estimate of drug-likeness (QED) is 0.936. The van der Waals surface area contributed by atoms with Crippen LogP contribution < -0.4 is 5.32 Å². The number of hydrogen-bond acceptors (Lipinski definition) is 5. The van der Waals surface area contributed by atoms with Gasteiger partial charge in [-0.1, -0.05) is 18.2 Å². The number of amides is 1. The maximum Gasteiger partial charge on any atom is 0.288 e. The summed E-state index contributed by atoms with van der Waals surface area (Å²) in [6.45, 7) is 1.98. The van der Waals surface area contributed by atoms with Gasteiger partial charge in [0.25, 0.3) is 5.91 Å². The van der Waals surface area contributed by atoms with Crippen LogP contribution in [0.15, 0.2) is 40.9 Å². The van der Waals surface area contributed by atoms with Crippen LogP contribution >= 0.6 is 0 Å². The van der Waals surface area contributed by atoms with Gasteiger partial charge in [0.15, 0.2) is 0 Å². The summed E-state index contributed by atoms with van der Waals surface area (Å²) in [6, 6.07) is 9.60. The summed E-state index contributed by atoms with van der Waals surface area (Å²) >= 11 is 0. The van der Waals surface area contributed by atoms with Gasteiger partial charge < -0.3 is 19.2 Å². The second-order valence-electron chi connectivity index (χ2n) is 6.39. The number of benzene rings is 1. The highest BCUT2D eigenvalue weighted by atomic mass is 16.6. The molecule has 6 heteroatoms. The molecular formula is C18H20N2O4. The molecule has 1 N–H and O–H groups in total. The molecule has 0 bridgehead atoms. The molecule has 1 aromatic carbocycles. The third kappa shape index (κ3) is 3.07. The van der Waals surface area contributed by atoms with E-state index in [1.807, 2.05) is 30.3 Å². The summed E-state index contributed by atoms with van der Waals surface area (Å²) in [5.41, 5.74) is 0.622. The van der Waals surface area contributed by atoms with E-state index < -0.39 is 0 Å². The molecule has 126 valence electrons. The highest BCUT2D eigenvalue weighted by molar-refractivity contribution is 5.91. The Labute approximate surface area is 140 Å². The first kappa shape index (κ1) is 15.4. The summed E-state index contributed by atoms with van der Waals surface area (Å²) in [7, 11) is 0. The molecule has 3 heterocycles. The molecule has 6 nitrogen and oxygen atoms in total. The molecule has 1 spiro atoms. The van der Waals surface area contributed by atoms with Crippen molar-refractivity contribution in [3.05, 3.63) is 42.3 Å². The molecule has 0 radical (unpaired) electrons. The molecule has 1 amide bonds. The van der Waals surface area contributed by atoms with Gasteiger partial charge in [0.05, 0.1) is 18.4 Å². The van der Waals surface area contributed by atoms with Crippen molar-refractivity contribution in [1.29, 1.82) is 0 Å². The summed E-state index contributed by atoms with van der Waals surface area (Å²) in [6.07, 6.45) is 3.94. The van der Waals surface area contributed by atoms with E-state index >= 15 is 0 Å². The zero-order valence-corrected chi connectivity index (χ0v) is 13.4. The van der Waals surface area contributed by atoms with Crippen LogP contribution in [0.25, 0.3) is 11.5 Å². The zero-order chi connectivity index (χ0) is 16.4. The Bertz CT molecular complexity index is 707. The van der Waals surface area contributed by atoms with Crippen molar-refractivity contribution in [3.8, 4) is 11.5 Å². The fraction of sp³-hybridized carbons (Fsp3) is 0.444. The number of oxazole rings is 1. The van der Waals surface area contributed by atoms with Gasteiger partial charge in [-0.05, 0) is 25.0 Å². The second kappa shape index (κ2) is 6.37. The normalized spacial score (nSPS) is 26.6. The van der Waals surface area contributed by atoms with E-state index in [1.54, 1.807) is 0 Å². The second-order valence-corrected chi connectivity index (χ2v) is 6.39. The lowest BCUT2D eigenvalue weighted by atomic mass is 9.89. The zero-order valence-electron chi connectivity index (χ0n) is 13.4. The molecular weight excluding hydrogens is 308 g/mol. The monoisotopic (exact) mass is 328 g/mol. The van der Waals surface area contributed by atoms with E-state index in [4.69, 9.17) is 13.9 Å². The number of ether oxygens (including phenoxy) is 2. The van der Waals surface area contributed by atoms with Crippen LogP contribution in [0.3, 0.4) is 0 Å². The van der Waals surface area contributed by atoms with Crippen molar-refractivity contribution < 1.29 is 18.7 Å². The Morgan fingerprint density at radius 2 is 2.12 bits per heavy atom. The Morgan fingerprint density at radius 1 is 1.25 bits per heavy atom. The molecule has 1 aromatic heterocycles. The summed E-state index contributed by atoms with van der Waals surface area (Å²) in [5.74, 6) is 0.455. The largest absolute Gasteiger partial charge is 0.431 e. The molecule has 24 heavy (non-hydrogen) atoms. The molecule has 4 rings (SSSR count). The number of nitrogens with one attached hydrogen (secondary N) is 1. The van der Waals surface area contributed by atoms with Gasteiger partial charge in [0.2, 0.25) is 11.7 Å². The smallest absolute Gasteiger partial charge is 0.288 e. The lowest BCUT2D eigenvalue weighted by Gasteiger charge is -2.37. The molecule has 2 unspecified atom stereocenters. The standard InChI is InChI=1S/C18H20N2O4/c21-16(15-11-19-17(24-15)13-4-2-1-3-5-13)20-14-6-8-23-18(10-14)7-9-22-12-18/h1-5,11,14H,6-10,12H2,(H,20,21). The van der Waals surface area contributed by atoms with Crippen LogP contribution in [0.1, 0.15) is 29.8 Å². The highest BCUT2D eigenvalue weighted by Gasteiger charge is 2.41. The van der Waals surface area contributed by atoms with Gasteiger partial charge in [-0.25, -0.2) is 4.98 Å². The maximum atomic E-state index is 12.4. The molecule has 0 saturated carbocycles. The number of aromatic nitrogens is 1. The molecule has 2 aliphatic heterocycles. The third-order valence-corrected chi connectivity index (χ3v) is 4.65. The molecule has 2 aromatic rings. The number of nitrogens with zero attached hydrogens (tertiary/aromatic N) is 1. The first-order chi connectivity index (χ1) is 11.7. The lowest BCUT2D eigenvalue weighted by molar-refractivity contribution is -0.0881. The van der Waals surface area contributed by atoms with Gasteiger partial charge >= 0.3 is 0 Å². The van der Waals surface area contributed by atoms with Crippen LogP contribution in [-0.2, 0) is 9.47 Å². The van der Waals surface area contributed by atoms with Crippen molar-refractivity contribution in [2.75, 3.05) is 19.8 Å². The fourth-order valence-corrected chi connectivity index (χ4v) is 3.36. The third-order valence-electron chi connectivity index (χ3n) is 4.65. The minimum Gasteiger partial charge on any atom is -0.431 e. The summed E-state index contributed by atoms with van der Waals surface area (Å²) < 4.78 is 17.0. The Kier molecular flexibility index (Phi) is 4.08. The van der Waals surface area contributed by atoms with Crippen molar-refractivity contribution >= 4 is 5.91 Å². The van der Waals surface area contributed by atoms with Crippen LogP contribution in [0, 0.1) is 0 Å². The van der Waals surface area contributed by atoms with Crippen LogP contribution in [0.5, 0.6) is 0 Å². The SMILES string of the molecule is O=C(NC1CCOC2(CCOC2)C1)c1cnc(-c2ccccc2)o1. The van der Waals surface area contributed by atoms with E-state index in [9.17, 15) is 4.79 Å². The van der Waals surface area contributed by atoms with Crippen LogP contribution in [0.2, 0.25) is 0 Å². The van der Waals surface area contributed by atoms with Gasteiger partial charge in [0, 0.05) is 31.2 Å². The van der Waals surface area contributed by atoms with E-state index in [1.165, 1.54) is 6.20 Å². The fourth-order valence-electron chi connectivity index (χ4n) is 3.36. The molecule has 2 atom stereocenters. The van der Waals surface area contributed by atoms with Gasteiger partial charge in [-0.2, -0.15) is 0 Å². The predicted molar refractivity (Wildman–Crippen MR) is 86.5 cm³/mol. The van der Waals surface area contributed by atoms with Crippen LogP contribution in [0.4, 0.5) is 0 Å². The minimum atomic E-state index is -0.231. The first-order valence-corrected chi connectivity index (χ1v) is 8.28. The van der Waals surface area contributed by atoms with Crippen LogP contribution in [-0.4, -0.2) is 42.4 Å². The number of carbonyl (C=O) groups is 1. The summed E-state index contributed by atoms with van der Waals surface area (Å²) in [4.78, 5) is 16.6. The van der Waals surface area contributed by atoms with Gasteiger partial charge in [-0.15, -0.1) is 0 Å². The van der Waals surface area contributed by atoms with Gasteiger partial charge in [-0.3, -0.25) is 4.79 Å². The van der Waals surface area contributed by atoms with Crippen molar-refractivity contribution in [2.24, 2.45) is 0 Å². The van der Waals surface area contributed by atoms with E-state index in [-0.39, 0.29) is 23.3 Å². The van der Waals surface area contributed by atoms with Gasteiger partial charge in [0.1, 0.15) is 0 Å². The Hall–Kier alpha value is -2.18. The van der Waals surface area contributed by atoms with Crippen molar-refractivity contribution in [3.63, 3.8) is 0 Å². The van der Waals surface area contributed by atoms with E-state index in [2.05, 4.69) is 10.3 Å². The average Bonchev–Trinajstić information content (AvgIpc) is 3.26. The number of carbonyl (C=O) groups excluding carboxylic acids is 1. The maximum absolute atomic E-state index is 12.4. The molecule has 2 saturated heterocycles. The average molecular weight is 328 g/mol. The Morgan fingerprint density at radius 3 is 2.92 bits per heavy atom. The first-order valence-electron chi connectivity index (χ1n) is 8.28. The topological polar surface area (TPSA) is 73.6 Å². The van der Waals surface area contributed by atoms with Crippen molar-refractivity contribution in [1.82, 2.24) is 10.3 Å². The number of hydrogen-bond donors (Lipinski definition) is 1. The van der Waals surface area contributed by atoms with E-state index in [0.717, 1.165) is 31.4 Å². The predicted octanol–water partition coefficient (Wildman–Crippen LogP) is 2.41. The minimum absolute atomic E-state index is 0.0678. The molecule has 2 fully saturated rings.